The van der Waals surface area contributed by atoms with Crippen LogP contribution >= 0.6 is 0 Å². The van der Waals surface area contributed by atoms with Gasteiger partial charge in [0.2, 0.25) is 0 Å². The van der Waals surface area contributed by atoms with Crippen LogP contribution in [-0.2, 0) is 22.4 Å². The molecule has 0 atom stereocenters. The average Bonchev–Trinajstić information content (AvgIpc) is 3.19. The van der Waals surface area contributed by atoms with Crippen molar-refractivity contribution in [1.29, 1.82) is 0 Å². The smallest absolute Gasteiger partial charge is 0.339 e. The van der Waals surface area contributed by atoms with Crippen molar-refractivity contribution in [3.8, 4) is 0 Å². The quantitative estimate of drug-likeness (QED) is 0.796. The second-order valence-corrected chi connectivity index (χ2v) is 7.30. The third-order valence-corrected chi connectivity index (χ3v) is 5.41. The number of ether oxygens (including phenoxy) is 1. The molecule has 1 amide bonds. The highest BCUT2D eigenvalue weighted by Crippen LogP contribution is 2.30. The molecule has 0 spiro atoms. The van der Waals surface area contributed by atoms with Crippen LogP contribution in [0.3, 0.4) is 0 Å². The Morgan fingerprint density at radius 1 is 1.12 bits per heavy atom. The fourth-order valence-electron chi connectivity index (χ4n) is 4.03. The number of esters is 1. The number of aromatic nitrogens is 1. The molecule has 136 valence electrons. The standard InChI is InChI=1S/C21H24N2O3/c1-14-8-9-18-16(12-14)20(15-6-2-3-7-17(15)22-18)21(25)26-13-19(24)23-10-4-5-11-23/h8-9,12H,2-7,10-11,13H2,1H3. The molecule has 5 heteroatoms. The molecule has 26 heavy (non-hydrogen) atoms. The highest BCUT2D eigenvalue weighted by atomic mass is 16.5. The topological polar surface area (TPSA) is 59.5 Å². The lowest BCUT2D eigenvalue weighted by Crippen LogP contribution is -2.32. The van der Waals surface area contributed by atoms with Gasteiger partial charge in [0.25, 0.3) is 5.91 Å². The van der Waals surface area contributed by atoms with Crippen LogP contribution in [0.1, 0.15) is 52.9 Å². The van der Waals surface area contributed by atoms with E-state index >= 15 is 0 Å². The van der Waals surface area contributed by atoms with Crippen molar-refractivity contribution in [2.24, 2.45) is 0 Å². The lowest BCUT2D eigenvalue weighted by atomic mass is 9.89. The van der Waals surface area contributed by atoms with Crippen molar-refractivity contribution in [2.45, 2.75) is 45.4 Å². The largest absolute Gasteiger partial charge is 0.452 e. The van der Waals surface area contributed by atoms with Crippen LogP contribution in [0.25, 0.3) is 10.9 Å². The van der Waals surface area contributed by atoms with Crippen molar-refractivity contribution in [2.75, 3.05) is 19.7 Å². The molecule has 0 bridgehead atoms. The predicted molar refractivity (Wildman–Crippen MR) is 99.2 cm³/mol. The van der Waals surface area contributed by atoms with Gasteiger partial charge in [0.05, 0.1) is 11.1 Å². The third kappa shape index (κ3) is 3.18. The summed E-state index contributed by atoms with van der Waals surface area (Å²) < 4.78 is 5.46. The van der Waals surface area contributed by atoms with E-state index in [2.05, 4.69) is 0 Å². The lowest BCUT2D eigenvalue weighted by Gasteiger charge is -2.20. The van der Waals surface area contributed by atoms with Gasteiger partial charge in [-0.15, -0.1) is 0 Å². The number of rotatable bonds is 3. The third-order valence-electron chi connectivity index (χ3n) is 5.41. The number of amides is 1. The molecule has 2 heterocycles. The Bertz CT molecular complexity index is 869. The molecule has 1 aromatic heterocycles. The Morgan fingerprint density at radius 2 is 1.88 bits per heavy atom. The molecule has 2 aromatic rings. The summed E-state index contributed by atoms with van der Waals surface area (Å²) in [6, 6.07) is 5.97. The molecule has 1 aliphatic carbocycles. The van der Waals surface area contributed by atoms with E-state index in [0.717, 1.165) is 79.3 Å². The summed E-state index contributed by atoms with van der Waals surface area (Å²) in [7, 11) is 0. The van der Waals surface area contributed by atoms with Crippen LogP contribution in [0.4, 0.5) is 0 Å². The van der Waals surface area contributed by atoms with E-state index in [1.54, 1.807) is 4.90 Å². The Hall–Kier alpha value is -2.43. The maximum atomic E-state index is 12.9. The van der Waals surface area contributed by atoms with Crippen molar-refractivity contribution in [3.05, 3.63) is 40.6 Å². The summed E-state index contributed by atoms with van der Waals surface area (Å²) in [5.74, 6) is -0.493. The van der Waals surface area contributed by atoms with Gasteiger partial charge in [-0.3, -0.25) is 9.78 Å². The molecule has 0 saturated carbocycles. The molecule has 1 aromatic carbocycles. The Kier molecular flexibility index (Phi) is 4.62. The van der Waals surface area contributed by atoms with Crippen LogP contribution in [-0.4, -0.2) is 41.5 Å². The average molecular weight is 352 g/mol. The fraction of sp³-hybridized carbons (Fsp3) is 0.476. The van der Waals surface area contributed by atoms with Crippen LogP contribution in [0.15, 0.2) is 18.2 Å². The van der Waals surface area contributed by atoms with Gasteiger partial charge < -0.3 is 9.64 Å². The predicted octanol–water partition coefficient (Wildman–Crippen LogP) is 3.20. The highest BCUT2D eigenvalue weighted by molar-refractivity contribution is 6.05. The lowest BCUT2D eigenvalue weighted by molar-refractivity contribution is -0.133. The summed E-state index contributed by atoms with van der Waals surface area (Å²) in [6.07, 6.45) is 5.95. The zero-order valence-electron chi connectivity index (χ0n) is 15.2. The molecule has 5 nitrogen and oxygen atoms in total. The fourth-order valence-corrected chi connectivity index (χ4v) is 4.03. The van der Waals surface area contributed by atoms with E-state index in [1.807, 2.05) is 25.1 Å². The molecule has 1 aliphatic heterocycles. The molecule has 2 aliphatic rings. The van der Waals surface area contributed by atoms with Gasteiger partial charge in [-0.05, 0) is 63.1 Å². The monoisotopic (exact) mass is 352 g/mol. The Morgan fingerprint density at radius 3 is 2.69 bits per heavy atom. The maximum absolute atomic E-state index is 12.9. The first kappa shape index (κ1) is 17.0. The minimum atomic E-state index is -0.395. The summed E-state index contributed by atoms with van der Waals surface area (Å²) in [5.41, 5.74) is 4.53. The zero-order valence-corrected chi connectivity index (χ0v) is 15.2. The summed E-state index contributed by atoms with van der Waals surface area (Å²) >= 11 is 0. The van der Waals surface area contributed by atoms with Crippen molar-refractivity contribution in [3.63, 3.8) is 0 Å². The molecular weight excluding hydrogens is 328 g/mol. The van der Waals surface area contributed by atoms with E-state index < -0.39 is 5.97 Å². The van der Waals surface area contributed by atoms with E-state index in [4.69, 9.17) is 9.72 Å². The van der Waals surface area contributed by atoms with E-state index in [1.165, 1.54) is 0 Å². The van der Waals surface area contributed by atoms with Crippen molar-refractivity contribution >= 4 is 22.8 Å². The van der Waals surface area contributed by atoms with Crippen LogP contribution < -0.4 is 0 Å². The summed E-state index contributed by atoms with van der Waals surface area (Å²) in [6.45, 7) is 3.36. The summed E-state index contributed by atoms with van der Waals surface area (Å²) in [4.78, 5) is 31.7. The summed E-state index contributed by atoms with van der Waals surface area (Å²) in [5, 5.41) is 0.837. The van der Waals surface area contributed by atoms with E-state index in [-0.39, 0.29) is 12.5 Å². The van der Waals surface area contributed by atoms with Crippen LogP contribution in [0.5, 0.6) is 0 Å². The van der Waals surface area contributed by atoms with Crippen LogP contribution in [0, 0.1) is 6.92 Å². The SMILES string of the molecule is Cc1ccc2nc3c(c(C(=O)OCC(=O)N4CCCC4)c2c1)CCCC3. The molecule has 1 saturated heterocycles. The molecule has 0 radical (unpaired) electrons. The molecule has 0 unspecified atom stereocenters. The van der Waals surface area contributed by atoms with Gasteiger partial charge in [0.1, 0.15) is 0 Å². The van der Waals surface area contributed by atoms with Crippen LogP contribution in [0.2, 0.25) is 0 Å². The Labute approximate surface area is 153 Å². The van der Waals surface area contributed by atoms with E-state index in [0.29, 0.717) is 5.56 Å². The molecule has 0 N–H and O–H groups in total. The first-order valence-electron chi connectivity index (χ1n) is 9.50. The van der Waals surface area contributed by atoms with Crippen molar-refractivity contribution < 1.29 is 14.3 Å². The number of benzene rings is 1. The normalized spacial score (nSPS) is 16.6. The minimum absolute atomic E-state index is 0.0979. The van der Waals surface area contributed by atoms with E-state index in [9.17, 15) is 9.59 Å². The number of likely N-dealkylation sites (tertiary alicyclic amines) is 1. The second kappa shape index (κ2) is 7.06. The van der Waals surface area contributed by atoms with Gasteiger partial charge >= 0.3 is 5.97 Å². The number of carbonyl (C=O) groups is 2. The number of pyridine rings is 1. The number of aryl methyl sites for hydroxylation is 2. The first-order valence-corrected chi connectivity index (χ1v) is 9.50. The van der Waals surface area contributed by atoms with Gasteiger partial charge in [-0.25, -0.2) is 4.79 Å². The number of nitrogens with zero attached hydrogens (tertiary/aromatic N) is 2. The number of fused-ring (bicyclic) bond motifs is 2. The van der Waals surface area contributed by atoms with Gasteiger partial charge in [0, 0.05) is 24.2 Å². The number of hydrogen-bond donors (Lipinski definition) is 0. The van der Waals surface area contributed by atoms with Gasteiger partial charge in [-0.2, -0.15) is 0 Å². The maximum Gasteiger partial charge on any atom is 0.339 e. The minimum Gasteiger partial charge on any atom is -0.452 e. The molecule has 1 fully saturated rings. The van der Waals surface area contributed by atoms with Gasteiger partial charge in [0.15, 0.2) is 6.61 Å². The molecule has 4 rings (SSSR count). The van der Waals surface area contributed by atoms with Gasteiger partial charge in [-0.1, -0.05) is 11.6 Å². The number of hydrogen-bond acceptors (Lipinski definition) is 4. The highest BCUT2D eigenvalue weighted by Gasteiger charge is 2.25. The number of carbonyl (C=O) groups excluding carboxylic acids is 2. The second-order valence-electron chi connectivity index (χ2n) is 7.30. The zero-order chi connectivity index (χ0) is 18.1. The Balaban J connectivity index is 1.66. The van der Waals surface area contributed by atoms with Crippen molar-refractivity contribution in [1.82, 2.24) is 9.88 Å². The molecular formula is C21H24N2O3. The first-order chi connectivity index (χ1) is 12.6.